The first-order valence-corrected chi connectivity index (χ1v) is 5.66. The van der Waals surface area contributed by atoms with Crippen LogP contribution in [0.3, 0.4) is 0 Å². The Morgan fingerprint density at radius 2 is 2.25 bits per heavy atom. The van der Waals surface area contributed by atoms with Gasteiger partial charge in [0.1, 0.15) is 11.5 Å². The Kier molecular flexibility index (Phi) is 2.76. The molecular weight excluding hydrogens is 205 g/mol. The van der Waals surface area contributed by atoms with Crippen molar-refractivity contribution in [3.63, 3.8) is 0 Å². The first-order valence-electron chi connectivity index (χ1n) is 5.66. The molecule has 1 heterocycles. The van der Waals surface area contributed by atoms with Gasteiger partial charge in [-0.3, -0.25) is 0 Å². The average molecular weight is 223 g/mol. The Bertz CT molecular complexity index is 394. The number of rotatable bonds is 3. The summed E-state index contributed by atoms with van der Waals surface area (Å²) in [5, 5.41) is 3.37. The van der Waals surface area contributed by atoms with Crippen molar-refractivity contribution in [3.8, 4) is 0 Å². The van der Waals surface area contributed by atoms with Gasteiger partial charge in [0, 0.05) is 13.1 Å². The molecule has 0 aromatic heterocycles. The zero-order chi connectivity index (χ0) is 11.8. The summed E-state index contributed by atoms with van der Waals surface area (Å²) in [5.74, 6) is -0.209. The molecule has 0 fully saturated rings. The van der Waals surface area contributed by atoms with Crippen LogP contribution in [0.1, 0.15) is 20.3 Å². The monoisotopic (exact) mass is 223 g/mol. The van der Waals surface area contributed by atoms with E-state index in [9.17, 15) is 4.39 Å². The van der Waals surface area contributed by atoms with Gasteiger partial charge in [-0.25, -0.2) is 4.39 Å². The molecule has 0 saturated heterocycles. The average Bonchev–Trinajstić information content (AvgIpc) is 2.53. The van der Waals surface area contributed by atoms with Gasteiger partial charge in [-0.05, 0) is 31.5 Å². The zero-order valence-electron chi connectivity index (χ0n) is 9.76. The van der Waals surface area contributed by atoms with Gasteiger partial charge in [0.15, 0.2) is 0 Å². The second-order valence-corrected chi connectivity index (χ2v) is 4.35. The maximum absolute atomic E-state index is 13.1. The molecule has 3 N–H and O–H groups in total. The Balaban J connectivity index is 2.41. The lowest BCUT2D eigenvalue weighted by atomic mass is 10.1. The zero-order valence-corrected chi connectivity index (χ0v) is 9.76. The maximum Gasteiger partial charge on any atom is 0.125 e. The van der Waals surface area contributed by atoms with Crippen LogP contribution in [0.25, 0.3) is 0 Å². The van der Waals surface area contributed by atoms with Crippen molar-refractivity contribution in [2.24, 2.45) is 5.73 Å². The summed E-state index contributed by atoms with van der Waals surface area (Å²) in [4.78, 5) is 2.21. The molecule has 1 aromatic rings. The number of nitrogens with two attached hydrogens (primary N) is 1. The van der Waals surface area contributed by atoms with Gasteiger partial charge in [-0.15, -0.1) is 0 Å². The lowest BCUT2D eigenvalue weighted by Crippen LogP contribution is -2.49. The fourth-order valence-electron chi connectivity index (χ4n) is 2.24. The normalized spacial score (nSPS) is 23.1. The number of nitrogens with zero attached hydrogens (tertiary/aromatic N) is 1. The largest absolute Gasteiger partial charge is 0.361 e. The summed E-state index contributed by atoms with van der Waals surface area (Å²) in [5.41, 5.74) is 7.37. The van der Waals surface area contributed by atoms with E-state index in [1.807, 2.05) is 6.07 Å². The summed E-state index contributed by atoms with van der Waals surface area (Å²) in [7, 11) is 0. The minimum absolute atomic E-state index is 0.157. The van der Waals surface area contributed by atoms with Gasteiger partial charge in [0.25, 0.3) is 0 Å². The van der Waals surface area contributed by atoms with Crippen molar-refractivity contribution in [2.75, 3.05) is 23.3 Å². The molecule has 4 heteroatoms. The number of anilines is 2. The SMILES string of the molecule is CCC1(C)Nc2cc(F)ccc2N1CCN. The summed E-state index contributed by atoms with van der Waals surface area (Å²) < 4.78 is 13.1. The predicted molar refractivity (Wildman–Crippen MR) is 65.1 cm³/mol. The molecule has 0 radical (unpaired) electrons. The van der Waals surface area contributed by atoms with E-state index in [4.69, 9.17) is 5.73 Å². The van der Waals surface area contributed by atoms with Gasteiger partial charge in [0.05, 0.1) is 11.4 Å². The van der Waals surface area contributed by atoms with Crippen LogP contribution >= 0.6 is 0 Å². The highest BCUT2D eigenvalue weighted by Crippen LogP contribution is 2.41. The number of hydrogen-bond donors (Lipinski definition) is 2. The van der Waals surface area contributed by atoms with Crippen LogP contribution in [-0.2, 0) is 0 Å². The van der Waals surface area contributed by atoms with Gasteiger partial charge < -0.3 is 16.0 Å². The van der Waals surface area contributed by atoms with E-state index < -0.39 is 0 Å². The molecule has 0 spiro atoms. The van der Waals surface area contributed by atoms with Crippen LogP contribution < -0.4 is 16.0 Å². The highest BCUT2D eigenvalue weighted by atomic mass is 19.1. The van der Waals surface area contributed by atoms with E-state index in [0.29, 0.717) is 6.54 Å². The number of hydrogen-bond acceptors (Lipinski definition) is 3. The second-order valence-electron chi connectivity index (χ2n) is 4.35. The third-order valence-electron chi connectivity index (χ3n) is 3.29. The van der Waals surface area contributed by atoms with E-state index in [0.717, 1.165) is 24.3 Å². The fraction of sp³-hybridized carbons (Fsp3) is 0.500. The van der Waals surface area contributed by atoms with Gasteiger partial charge in [-0.1, -0.05) is 6.92 Å². The highest BCUT2D eigenvalue weighted by molar-refractivity contribution is 5.77. The Labute approximate surface area is 95.4 Å². The lowest BCUT2D eigenvalue weighted by Gasteiger charge is -2.36. The van der Waals surface area contributed by atoms with E-state index in [1.165, 1.54) is 6.07 Å². The molecule has 0 saturated carbocycles. The number of fused-ring (bicyclic) bond motifs is 1. The summed E-state index contributed by atoms with van der Waals surface area (Å²) in [6.07, 6.45) is 0.934. The molecular formula is C12H18FN3. The minimum Gasteiger partial charge on any atom is -0.361 e. The van der Waals surface area contributed by atoms with Crippen molar-refractivity contribution in [3.05, 3.63) is 24.0 Å². The lowest BCUT2D eigenvalue weighted by molar-refractivity contribution is 0.480. The number of halogens is 1. The Morgan fingerprint density at radius 3 is 2.88 bits per heavy atom. The molecule has 1 unspecified atom stereocenters. The summed E-state index contributed by atoms with van der Waals surface area (Å²) >= 11 is 0. The third-order valence-corrected chi connectivity index (χ3v) is 3.29. The number of benzene rings is 1. The smallest absolute Gasteiger partial charge is 0.125 e. The number of nitrogens with one attached hydrogen (secondary N) is 1. The van der Waals surface area contributed by atoms with Crippen molar-refractivity contribution in [1.29, 1.82) is 0 Å². The van der Waals surface area contributed by atoms with Crippen LogP contribution in [0.5, 0.6) is 0 Å². The molecule has 2 rings (SSSR count). The van der Waals surface area contributed by atoms with Crippen LogP contribution in [0, 0.1) is 5.82 Å². The first kappa shape index (κ1) is 11.2. The first-order chi connectivity index (χ1) is 7.60. The Hall–Kier alpha value is -1.29. The van der Waals surface area contributed by atoms with Crippen LogP contribution in [-0.4, -0.2) is 18.8 Å². The molecule has 0 aliphatic carbocycles. The van der Waals surface area contributed by atoms with Crippen LogP contribution in [0.2, 0.25) is 0 Å². The second kappa shape index (κ2) is 3.94. The predicted octanol–water partition coefficient (Wildman–Crippen LogP) is 2.14. The standard InChI is InChI=1S/C12H18FN3/c1-3-12(2)15-10-8-9(13)4-5-11(10)16(12)7-6-14/h4-5,8,15H,3,6-7,14H2,1-2H3. The molecule has 16 heavy (non-hydrogen) atoms. The summed E-state index contributed by atoms with van der Waals surface area (Å²) in [6.45, 7) is 5.59. The maximum atomic E-state index is 13.1. The molecule has 0 amide bonds. The van der Waals surface area contributed by atoms with E-state index in [1.54, 1.807) is 6.07 Å². The molecule has 1 aliphatic heterocycles. The van der Waals surface area contributed by atoms with Gasteiger partial charge in [-0.2, -0.15) is 0 Å². The van der Waals surface area contributed by atoms with Crippen molar-refractivity contribution in [1.82, 2.24) is 0 Å². The molecule has 1 aliphatic rings. The Morgan fingerprint density at radius 1 is 1.50 bits per heavy atom. The minimum atomic E-state index is -0.209. The van der Waals surface area contributed by atoms with Gasteiger partial charge in [0.2, 0.25) is 0 Å². The van der Waals surface area contributed by atoms with Crippen molar-refractivity contribution >= 4 is 11.4 Å². The van der Waals surface area contributed by atoms with Gasteiger partial charge >= 0.3 is 0 Å². The highest BCUT2D eigenvalue weighted by Gasteiger charge is 2.37. The van der Waals surface area contributed by atoms with Crippen molar-refractivity contribution < 1.29 is 4.39 Å². The quantitative estimate of drug-likeness (QED) is 0.825. The topological polar surface area (TPSA) is 41.3 Å². The van der Waals surface area contributed by atoms with Crippen LogP contribution in [0.15, 0.2) is 18.2 Å². The summed E-state index contributed by atoms with van der Waals surface area (Å²) in [6, 6.07) is 4.85. The van der Waals surface area contributed by atoms with E-state index in [2.05, 4.69) is 24.1 Å². The molecule has 1 aromatic carbocycles. The van der Waals surface area contributed by atoms with Crippen molar-refractivity contribution in [2.45, 2.75) is 25.9 Å². The molecule has 0 bridgehead atoms. The van der Waals surface area contributed by atoms with Crippen LogP contribution in [0.4, 0.5) is 15.8 Å². The van der Waals surface area contributed by atoms with E-state index in [-0.39, 0.29) is 11.5 Å². The van der Waals surface area contributed by atoms with E-state index >= 15 is 0 Å². The molecule has 1 atom stereocenters. The molecule has 3 nitrogen and oxygen atoms in total. The fourth-order valence-corrected chi connectivity index (χ4v) is 2.24. The third kappa shape index (κ3) is 1.63. The molecule has 88 valence electrons.